The summed E-state index contributed by atoms with van der Waals surface area (Å²) in [6, 6.07) is 5.59. The number of phenols is 1. The Morgan fingerprint density at radius 2 is 1.94 bits per heavy atom. The highest BCUT2D eigenvalue weighted by atomic mass is 127. The van der Waals surface area contributed by atoms with Crippen molar-refractivity contribution in [3.8, 4) is 5.75 Å². The van der Waals surface area contributed by atoms with Crippen LogP contribution in [0.4, 0.5) is 0 Å². The number of nitrogens with zero attached hydrogens (tertiary/aromatic N) is 1. The van der Waals surface area contributed by atoms with Crippen molar-refractivity contribution in [2.45, 2.75) is 6.42 Å². The molecule has 4 heteroatoms. The third-order valence-corrected chi connectivity index (χ3v) is 2.82. The summed E-state index contributed by atoms with van der Waals surface area (Å²) >= 11 is 0. The van der Waals surface area contributed by atoms with Crippen LogP contribution in [0.1, 0.15) is 5.56 Å². The number of rotatable bonds is 3. The number of aromatic nitrogens is 1. The highest BCUT2D eigenvalue weighted by Gasteiger charge is 2.12. The second-order valence-corrected chi connectivity index (χ2v) is 5.28. The molecule has 0 aliphatic heterocycles. The maximum absolute atomic E-state index is 9.85. The van der Waals surface area contributed by atoms with Crippen molar-refractivity contribution in [1.29, 1.82) is 0 Å². The van der Waals surface area contributed by atoms with Gasteiger partial charge in [0.1, 0.15) is 5.75 Å². The maximum Gasteiger partial charge on any atom is 0.125 e. The van der Waals surface area contributed by atoms with E-state index in [4.69, 9.17) is 0 Å². The van der Waals surface area contributed by atoms with Crippen LogP contribution in [0.25, 0.3) is 10.9 Å². The standard InChI is InChI=1S/C13H18N2O.HI/c1-15(2,3)8-7-10-9-14-11-5-4-6-12(16)13(10)11;/h4-6,9,14H,7-8H2,1-3H3;1H. The topological polar surface area (TPSA) is 36.0 Å². The van der Waals surface area contributed by atoms with E-state index in [0.717, 1.165) is 28.4 Å². The first-order chi connectivity index (χ1) is 7.47. The van der Waals surface area contributed by atoms with Gasteiger partial charge in [-0.15, -0.1) is 0 Å². The second-order valence-electron chi connectivity index (χ2n) is 5.28. The number of hydrogen-bond acceptors (Lipinski definition) is 1. The van der Waals surface area contributed by atoms with Crippen LogP contribution < -0.4 is 24.0 Å². The van der Waals surface area contributed by atoms with E-state index in [-0.39, 0.29) is 24.0 Å². The molecule has 0 saturated carbocycles. The first kappa shape index (κ1) is 14.3. The van der Waals surface area contributed by atoms with Crippen LogP contribution in [0.5, 0.6) is 5.75 Å². The molecular weight excluding hydrogens is 327 g/mol. The molecule has 1 aromatic carbocycles. The Kier molecular flexibility index (Phi) is 4.43. The maximum atomic E-state index is 9.85. The minimum atomic E-state index is 0. The van der Waals surface area contributed by atoms with Crippen LogP contribution in [0, 0.1) is 0 Å². The highest BCUT2D eigenvalue weighted by molar-refractivity contribution is 5.88. The molecule has 0 radical (unpaired) electrons. The summed E-state index contributed by atoms with van der Waals surface area (Å²) in [5.74, 6) is 0.371. The van der Waals surface area contributed by atoms with Gasteiger partial charge in [0.15, 0.2) is 0 Å². The third kappa shape index (κ3) is 3.35. The molecule has 0 atom stereocenters. The number of aromatic hydroxyl groups is 1. The van der Waals surface area contributed by atoms with Crippen LogP contribution in [-0.4, -0.2) is 42.3 Å². The number of quaternary nitrogens is 1. The van der Waals surface area contributed by atoms with Gasteiger partial charge in [0, 0.05) is 23.5 Å². The molecule has 2 N–H and O–H groups in total. The molecule has 17 heavy (non-hydrogen) atoms. The first-order valence-corrected chi connectivity index (χ1v) is 5.56. The lowest BCUT2D eigenvalue weighted by Crippen LogP contribution is -3.00. The molecule has 0 saturated heterocycles. The molecule has 1 heterocycles. The number of hydrogen-bond donors (Lipinski definition) is 2. The summed E-state index contributed by atoms with van der Waals surface area (Å²) in [5, 5.41) is 10.8. The fraction of sp³-hybridized carbons (Fsp3) is 0.385. The van der Waals surface area contributed by atoms with Gasteiger partial charge in [-0.1, -0.05) is 6.07 Å². The van der Waals surface area contributed by atoms with Gasteiger partial charge in [-0.05, 0) is 17.7 Å². The Bertz CT molecular complexity index is 500. The summed E-state index contributed by atoms with van der Waals surface area (Å²) < 4.78 is 0.931. The minimum absolute atomic E-state index is 0. The average molecular weight is 346 g/mol. The number of halogens is 1. The Hall–Kier alpha value is -0.750. The SMILES string of the molecule is C[N+](C)(C)CCc1c[nH]c2cccc(O)c12.[I-]. The number of phenolic OH excluding ortho intramolecular Hbond substituents is 1. The van der Waals surface area contributed by atoms with Crippen molar-refractivity contribution in [2.75, 3.05) is 27.7 Å². The summed E-state index contributed by atoms with van der Waals surface area (Å²) in [5.41, 5.74) is 2.21. The molecule has 0 spiro atoms. The number of aromatic amines is 1. The van der Waals surface area contributed by atoms with Crippen molar-refractivity contribution in [2.24, 2.45) is 0 Å². The van der Waals surface area contributed by atoms with Crippen LogP contribution in [-0.2, 0) is 6.42 Å². The Balaban J connectivity index is 0.00000144. The molecule has 3 nitrogen and oxygen atoms in total. The molecule has 2 rings (SSSR count). The van der Waals surface area contributed by atoms with Gasteiger partial charge in [0.25, 0.3) is 0 Å². The average Bonchev–Trinajstić information content (AvgIpc) is 2.58. The van der Waals surface area contributed by atoms with E-state index in [9.17, 15) is 5.11 Å². The van der Waals surface area contributed by atoms with Crippen molar-refractivity contribution >= 4 is 10.9 Å². The number of likely N-dealkylation sites (N-methyl/N-ethyl adjacent to an activating group) is 1. The van der Waals surface area contributed by atoms with Gasteiger partial charge in [0.2, 0.25) is 0 Å². The van der Waals surface area contributed by atoms with Gasteiger partial charge in [-0.2, -0.15) is 0 Å². The fourth-order valence-corrected chi connectivity index (χ4v) is 1.89. The zero-order valence-electron chi connectivity index (χ0n) is 10.5. The second kappa shape index (κ2) is 5.27. The van der Waals surface area contributed by atoms with E-state index in [0.29, 0.717) is 5.75 Å². The number of nitrogens with one attached hydrogen (secondary N) is 1. The van der Waals surface area contributed by atoms with Gasteiger partial charge in [-0.25, -0.2) is 0 Å². The zero-order chi connectivity index (χ0) is 11.8. The molecule has 2 aromatic rings. The van der Waals surface area contributed by atoms with Crippen molar-refractivity contribution < 1.29 is 33.6 Å². The number of benzene rings is 1. The third-order valence-electron chi connectivity index (χ3n) is 2.82. The van der Waals surface area contributed by atoms with Gasteiger partial charge >= 0.3 is 0 Å². The summed E-state index contributed by atoms with van der Waals surface area (Å²) in [6.45, 7) is 1.06. The zero-order valence-corrected chi connectivity index (χ0v) is 12.7. The normalized spacial score (nSPS) is 11.5. The summed E-state index contributed by atoms with van der Waals surface area (Å²) in [4.78, 5) is 3.20. The lowest BCUT2D eigenvalue weighted by molar-refractivity contribution is -0.870. The van der Waals surface area contributed by atoms with Gasteiger partial charge < -0.3 is 38.6 Å². The van der Waals surface area contributed by atoms with Crippen molar-refractivity contribution in [3.63, 3.8) is 0 Å². The van der Waals surface area contributed by atoms with E-state index in [1.807, 2.05) is 18.3 Å². The van der Waals surface area contributed by atoms with Crippen LogP contribution >= 0.6 is 0 Å². The molecule has 0 aliphatic carbocycles. The van der Waals surface area contributed by atoms with Crippen molar-refractivity contribution in [3.05, 3.63) is 30.0 Å². The lowest BCUT2D eigenvalue weighted by atomic mass is 10.1. The molecule has 0 fully saturated rings. The quantitative estimate of drug-likeness (QED) is 0.550. The van der Waals surface area contributed by atoms with Crippen LogP contribution in [0.3, 0.4) is 0 Å². The predicted molar refractivity (Wildman–Crippen MR) is 66.6 cm³/mol. The Labute approximate surface area is 119 Å². The van der Waals surface area contributed by atoms with E-state index in [1.165, 1.54) is 5.56 Å². The molecular formula is C13H19IN2O. The number of H-pyrrole nitrogens is 1. The predicted octanol–water partition coefficient (Wildman–Crippen LogP) is -0.874. The van der Waals surface area contributed by atoms with Crippen LogP contribution in [0.15, 0.2) is 24.4 Å². The largest absolute Gasteiger partial charge is 1.00 e. The van der Waals surface area contributed by atoms with Crippen molar-refractivity contribution in [1.82, 2.24) is 4.98 Å². The van der Waals surface area contributed by atoms with E-state index in [1.54, 1.807) is 6.07 Å². The Morgan fingerprint density at radius 3 is 2.59 bits per heavy atom. The molecule has 1 aromatic heterocycles. The molecule has 0 bridgehead atoms. The smallest absolute Gasteiger partial charge is 0.125 e. The fourth-order valence-electron chi connectivity index (χ4n) is 1.89. The molecule has 0 unspecified atom stereocenters. The molecule has 0 amide bonds. The van der Waals surface area contributed by atoms with E-state index >= 15 is 0 Å². The van der Waals surface area contributed by atoms with Crippen LogP contribution in [0.2, 0.25) is 0 Å². The number of fused-ring (bicyclic) bond motifs is 1. The lowest BCUT2D eigenvalue weighted by Gasteiger charge is -2.23. The summed E-state index contributed by atoms with van der Waals surface area (Å²) in [6.07, 6.45) is 2.97. The molecule has 0 aliphatic rings. The summed E-state index contributed by atoms with van der Waals surface area (Å²) in [7, 11) is 6.53. The molecule has 94 valence electrons. The van der Waals surface area contributed by atoms with E-state index < -0.39 is 0 Å². The highest BCUT2D eigenvalue weighted by Crippen LogP contribution is 2.27. The minimum Gasteiger partial charge on any atom is -1.00 e. The van der Waals surface area contributed by atoms with Gasteiger partial charge in [-0.3, -0.25) is 0 Å². The Morgan fingerprint density at radius 1 is 1.24 bits per heavy atom. The van der Waals surface area contributed by atoms with Gasteiger partial charge in [0.05, 0.1) is 27.7 Å². The monoisotopic (exact) mass is 346 g/mol. The first-order valence-electron chi connectivity index (χ1n) is 5.56. The van der Waals surface area contributed by atoms with E-state index in [2.05, 4.69) is 26.1 Å².